The molecule has 130 valence electrons. The molecule has 0 unspecified atom stereocenters. The van der Waals surface area contributed by atoms with E-state index in [4.69, 9.17) is 14.2 Å². The lowest BCUT2D eigenvalue weighted by atomic mass is 10.2. The number of rotatable bonds is 7. The van der Waals surface area contributed by atoms with Gasteiger partial charge in [-0.2, -0.15) is 5.10 Å². The summed E-state index contributed by atoms with van der Waals surface area (Å²) in [4.78, 5) is 11.8. The Balaban J connectivity index is 1.62. The molecule has 1 aliphatic rings. The number of aromatic nitrogens is 5. The van der Waals surface area contributed by atoms with E-state index in [2.05, 4.69) is 20.1 Å². The number of H-pyrrole nitrogens is 1. The van der Waals surface area contributed by atoms with E-state index in [1.165, 1.54) is 0 Å². The van der Waals surface area contributed by atoms with E-state index in [0.29, 0.717) is 25.6 Å². The van der Waals surface area contributed by atoms with Gasteiger partial charge in [-0.05, 0) is 25.1 Å². The third-order valence-corrected chi connectivity index (χ3v) is 3.93. The maximum Gasteiger partial charge on any atom is 0.231 e. The van der Waals surface area contributed by atoms with Crippen molar-refractivity contribution in [2.75, 3.05) is 13.4 Å². The summed E-state index contributed by atoms with van der Waals surface area (Å²) in [7, 11) is 0. The van der Waals surface area contributed by atoms with Crippen LogP contribution in [0.25, 0.3) is 11.4 Å². The van der Waals surface area contributed by atoms with Crippen molar-refractivity contribution in [3.05, 3.63) is 42.2 Å². The van der Waals surface area contributed by atoms with Crippen LogP contribution in [0.5, 0.6) is 11.5 Å². The van der Waals surface area contributed by atoms with Crippen molar-refractivity contribution < 1.29 is 14.2 Å². The summed E-state index contributed by atoms with van der Waals surface area (Å²) < 4.78 is 18.2. The first kappa shape index (κ1) is 15.6. The second kappa shape index (κ2) is 6.94. The van der Waals surface area contributed by atoms with Gasteiger partial charge in [-0.1, -0.05) is 0 Å². The number of nitrogens with one attached hydrogen (secondary N) is 1. The van der Waals surface area contributed by atoms with Gasteiger partial charge in [0.2, 0.25) is 6.79 Å². The molecule has 0 atom stereocenters. The predicted molar refractivity (Wildman–Crippen MR) is 89.2 cm³/mol. The van der Waals surface area contributed by atoms with Crippen LogP contribution in [-0.4, -0.2) is 38.1 Å². The van der Waals surface area contributed by atoms with E-state index < -0.39 is 0 Å². The van der Waals surface area contributed by atoms with Gasteiger partial charge < -0.3 is 19.2 Å². The summed E-state index contributed by atoms with van der Waals surface area (Å²) >= 11 is 0. The standard InChI is InChI=1S/C17H19N5O3/c1-2-23-9-16-20-17(12-3-4-14-15(7-12)25-11-24-14)22(21-16)6-5-13-8-18-10-19-13/h3-4,7-8,10H,2,5-6,9,11H2,1H3,(H,18,19). The van der Waals surface area contributed by atoms with Gasteiger partial charge in [0.1, 0.15) is 6.61 Å². The summed E-state index contributed by atoms with van der Waals surface area (Å²) in [6, 6.07) is 5.80. The van der Waals surface area contributed by atoms with E-state index in [0.717, 1.165) is 35.0 Å². The highest BCUT2D eigenvalue weighted by Gasteiger charge is 2.18. The minimum atomic E-state index is 0.251. The van der Waals surface area contributed by atoms with E-state index in [1.54, 1.807) is 6.33 Å². The largest absolute Gasteiger partial charge is 0.454 e. The second-order valence-corrected chi connectivity index (χ2v) is 5.61. The number of ether oxygens (including phenoxy) is 3. The Bertz CT molecular complexity index is 844. The van der Waals surface area contributed by atoms with Gasteiger partial charge in [0.25, 0.3) is 0 Å². The molecule has 3 aromatic rings. The van der Waals surface area contributed by atoms with Gasteiger partial charge in [-0.25, -0.2) is 14.6 Å². The minimum absolute atomic E-state index is 0.251. The van der Waals surface area contributed by atoms with Gasteiger partial charge in [0.05, 0.1) is 6.33 Å². The lowest BCUT2D eigenvalue weighted by Gasteiger charge is -2.06. The maximum absolute atomic E-state index is 5.47. The van der Waals surface area contributed by atoms with Crippen LogP contribution in [0.2, 0.25) is 0 Å². The van der Waals surface area contributed by atoms with Crippen LogP contribution < -0.4 is 9.47 Å². The second-order valence-electron chi connectivity index (χ2n) is 5.61. The molecule has 25 heavy (non-hydrogen) atoms. The molecule has 0 amide bonds. The SMILES string of the molecule is CCOCc1nc(-c2ccc3c(c2)OCO3)n(CCc2cnc[nH]2)n1. The Labute approximate surface area is 144 Å². The highest BCUT2D eigenvalue weighted by molar-refractivity contribution is 5.62. The lowest BCUT2D eigenvalue weighted by molar-refractivity contribution is 0.128. The van der Waals surface area contributed by atoms with Crippen molar-refractivity contribution in [1.29, 1.82) is 0 Å². The van der Waals surface area contributed by atoms with Crippen LogP contribution >= 0.6 is 0 Å². The number of fused-ring (bicyclic) bond motifs is 1. The summed E-state index contributed by atoms with van der Waals surface area (Å²) in [6.45, 7) is 3.91. The molecule has 0 aliphatic carbocycles. The predicted octanol–water partition coefficient (Wildman–Crippen LogP) is 2.18. The summed E-state index contributed by atoms with van der Waals surface area (Å²) in [6.07, 6.45) is 4.28. The molecule has 2 aromatic heterocycles. The third-order valence-electron chi connectivity index (χ3n) is 3.93. The fourth-order valence-electron chi connectivity index (χ4n) is 2.70. The molecule has 0 spiro atoms. The number of nitrogens with zero attached hydrogens (tertiary/aromatic N) is 4. The average Bonchev–Trinajstić information content (AvgIpc) is 3.37. The molecule has 1 aromatic carbocycles. The van der Waals surface area contributed by atoms with Gasteiger partial charge >= 0.3 is 0 Å². The Morgan fingerprint density at radius 2 is 2.20 bits per heavy atom. The monoisotopic (exact) mass is 341 g/mol. The summed E-state index contributed by atoms with van der Waals surface area (Å²) in [5.41, 5.74) is 1.99. The average molecular weight is 341 g/mol. The van der Waals surface area contributed by atoms with Crippen LogP contribution in [0.4, 0.5) is 0 Å². The molecule has 8 heteroatoms. The molecule has 0 bridgehead atoms. The van der Waals surface area contributed by atoms with Crippen LogP contribution in [0.3, 0.4) is 0 Å². The first-order chi connectivity index (χ1) is 12.3. The molecule has 8 nitrogen and oxygen atoms in total. The van der Waals surface area contributed by atoms with Crippen LogP contribution in [0.1, 0.15) is 18.4 Å². The lowest BCUT2D eigenvalue weighted by Crippen LogP contribution is -2.06. The fraction of sp³-hybridized carbons (Fsp3) is 0.353. The van der Waals surface area contributed by atoms with Crippen LogP contribution in [-0.2, 0) is 24.3 Å². The van der Waals surface area contributed by atoms with E-state index in [9.17, 15) is 0 Å². The maximum atomic E-state index is 5.47. The molecule has 3 heterocycles. The van der Waals surface area contributed by atoms with E-state index >= 15 is 0 Å². The number of aryl methyl sites for hydroxylation is 2. The van der Waals surface area contributed by atoms with Crippen LogP contribution in [0, 0.1) is 0 Å². The Kier molecular flexibility index (Phi) is 4.34. The minimum Gasteiger partial charge on any atom is -0.454 e. The summed E-state index contributed by atoms with van der Waals surface area (Å²) in [5.74, 6) is 2.93. The van der Waals surface area contributed by atoms with Gasteiger partial charge in [-0.3, -0.25) is 0 Å². The van der Waals surface area contributed by atoms with Crippen molar-refractivity contribution in [3.63, 3.8) is 0 Å². The smallest absolute Gasteiger partial charge is 0.231 e. The fourth-order valence-corrected chi connectivity index (χ4v) is 2.70. The number of hydrogen-bond acceptors (Lipinski definition) is 6. The number of hydrogen-bond donors (Lipinski definition) is 1. The molecular formula is C17H19N5O3. The summed E-state index contributed by atoms with van der Waals surface area (Å²) in [5, 5.41) is 4.59. The quantitative estimate of drug-likeness (QED) is 0.709. The highest BCUT2D eigenvalue weighted by Crippen LogP contribution is 2.35. The van der Waals surface area contributed by atoms with Crippen molar-refractivity contribution in [2.45, 2.75) is 26.5 Å². The van der Waals surface area contributed by atoms with E-state index in [-0.39, 0.29) is 6.79 Å². The van der Waals surface area contributed by atoms with Gasteiger partial charge in [-0.15, -0.1) is 0 Å². The Morgan fingerprint density at radius 3 is 3.04 bits per heavy atom. The highest BCUT2D eigenvalue weighted by atomic mass is 16.7. The topological polar surface area (TPSA) is 87.1 Å². The zero-order valence-corrected chi connectivity index (χ0v) is 13.9. The van der Waals surface area contributed by atoms with Gasteiger partial charge in [0, 0.05) is 37.0 Å². The Hall–Kier alpha value is -2.87. The van der Waals surface area contributed by atoms with E-state index in [1.807, 2.05) is 36.0 Å². The van der Waals surface area contributed by atoms with Crippen molar-refractivity contribution in [3.8, 4) is 22.9 Å². The molecule has 4 rings (SSSR count). The zero-order chi connectivity index (χ0) is 17.1. The number of benzene rings is 1. The van der Waals surface area contributed by atoms with Crippen molar-refractivity contribution in [1.82, 2.24) is 24.7 Å². The number of aromatic amines is 1. The molecular weight excluding hydrogens is 322 g/mol. The van der Waals surface area contributed by atoms with Gasteiger partial charge in [0.15, 0.2) is 23.1 Å². The Morgan fingerprint density at radius 1 is 1.28 bits per heavy atom. The first-order valence-corrected chi connectivity index (χ1v) is 8.22. The molecule has 0 radical (unpaired) electrons. The molecule has 0 saturated carbocycles. The molecule has 1 N–H and O–H groups in total. The first-order valence-electron chi connectivity index (χ1n) is 8.22. The molecule has 1 aliphatic heterocycles. The van der Waals surface area contributed by atoms with Crippen LogP contribution in [0.15, 0.2) is 30.7 Å². The zero-order valence-electron chi connectivity index (χ0n) is 13.9. The number of imidazole rings is 1. The van der Waals surface area contributed by atoms with Crippen molar-refractivity contribution in [2.24, 2.45) is 0 Å². The van der Waals surface area contributed by atoms with Crippen molar-refractivity contribution >= 4 is 0 Å². The third kappa shape index (κ3) is 3.34. The molecule has 0 fully saturated rings. The molecule has 0 saturated heterocycles. The normalized spacial score (nSPS) is 12.7.